The summed E-state index contributed by atoms with van der Waals surface area (Å²) in [6, 6.07) is 8.72. The second-order valence-electron chi connectivity index (χ2n) is 8.56. The van der Waals surface area contributed by atoms with Crippen LogP contribution in [0.3, 0.4) is 0 Å². The van der Waals surface area contributed by atoms with Gasteiger partial charge in [0.25, 0.3) is 0 Å². The van der Waals surface area contributed by atoms with Crippen LogP contribution in [0.4, 0.5) is 18.9 Å². The maximum absolute atomic E-state index is 14.0. The van der Waals surface area contributed by atoms with Gasteiger partial charge in [-0.1, -0.05) is 12.1 Å². The SMILES string of the molecule is CN(C(=O)C1CCSCC1)C(c1ccc(NC2Cc3cccc(C#N)c3C2)cn1)C(F)(F)F. The Hall–Kier alpha value is -2.73. The molecule has 0 spiro atoms. The summed E-state index contributed by atoms with van der Waals surface area (Å²) in [6.45, 7) is 0. The third-order valence-corrected chi connectivity index (χ3v) is 7.41. The quantitative estimate of drug-likeness (QED) is 0.678. The molecule has 0 radical (unpaired) electrons. The Kier molecular flexibility index (Phi) is 6.84. The number of alkyl halides is 3. The van der Waals surface area contributed by atoms with Gasteiger partial charge in [0.2, 0.25) is 5.91 Å². The lowest BCUT2D eigenvalue weighted by atomic mass is 9.99. The minimum absolute atomic E-state index is 0.0361. The molecule has 174 valence electrons. The molecule has 1 aliphatic heterocycles. The number of aromatic nitrogens is 1. The van der Waals surface area contributed by atoms with Crippen LogP contribution in [0.2, 0.25) is 0 Å². The fourth-order valence-electron chi connectivity index (χ4n) is 4.69. The Balaban J connectivity index is 1.47. The van der Waals surface area contributed by atoms with Gasteiger partial charge in [-0.2, -0.15) is 30.2 Å². The Morgan fingerprint density at radius 1 is 1.24 bits per heavy atom. The van der Waals surface area contributed by atoms with Crippen LogP contribution in [-0.2, 0) is 17.6 Å². The molecule has 2 unspecified atom stereocenters. The highest BCUT2D eigenvalue weighted by Crippen LogP contribution is 2.38. The van der Waals surface area contributed by atoms with E-state index in [2.05, 4.69) is 16.4 Å². The smallest absolute Gasteiger partial charge is 0.380 e. The van der Waals surface area contributed by atoms with Crippen LogP contribution in [0.5, 0.6) is 0 Å². The number of carbonyl (C=O) groups is 1. The molecule has 2 aliphatic rings. The van der Waals surface area contributed by atoms with Crippen LogP contribution in [0.25, 0.3) is 0 Å². The first kappa shape index (κ1) is 23.4. The van der Waals surface area contributed by atoms with Crippen LogP contribution in [-0.4, -0.2) is 46.6 Å². The van der Waals surface area contributed by atoms with Gasteiger partial charge in [0, 0.05) is 19.0 Å². The molecule has 0 bridgehead atoms. The average Bonchev–Trinajstić information content (AvgIpc) is 3.22. The summed E-state index contributed by atoms with van der Waals surface area (Å²) in [5, 5.41) is 12.6. The van der Waals surface area contributed by atoms with Crippen molar-refractivity contribution < 1.29 is 18.0 Å². The van der Waals surface area contributed by atoms with Gasteiger partial charge >= 0.3 is 6.18 Å². The number of hydrogen-bond acceptors (Lipinski definition) is 5. The van der Waals surface area contributed by atoms with Crippen LogP contribution >= 0.6 is 11.8 Å². The lowest BCUT2D eigenvalue weighted by Gasteiger charge is -2.33. The molecule has 0 saturated carbocycles. The lowest BCUT2D eigenvalue weighted by Crippen LogP contribution is -2.43. The molecule has 1 saturated heterocycles. The Morgan fingerprint density at radius 2 is 2.00 bits per heavy atom. The first-order valence-corrected chi connectivity index (χ1v) is 12.1. The molecule has 1 aliphatic carbocycles. The van der Waals surface area contributed by atoms with E-state index in [1.54, 1.807) is 23.9 Å². The van der Waals surface area contributed by atoms with E-state index >= 15 is 0 Å². The van der Waals surface area contributed by atoms with Gasteiger partial charge in [-0.3, -0.25) is 9.78 Å². The summed E-state index contributed by atoms with van der Waals surface area (Å²) in [4.78, 5) is 17.7. The third-order valence-electron chi connectivity index (χ3n) is 6.36. The largest absolute Gasteiger partial charge is 0.414 e. The molecule has 2 aromatic rings. The minimum atomic E-state index is -4.63. The van der Waals surface area contributed by atoms with E-state index in [-0.39, 0.29) is 17.7 Å². The van der Waals surface area contributed by atoms with Crippen LogP contribution in [0.15, 0.2) is 36.5 Å². The molecule has 1 N–H and O–H groups in total. The van der Waals surface area contributed by atoms with Gasteiger partial charge in [-0.15, -0.1) is 0 Å². The maximum atomic E-state index is 14.0. The van der Waals surface area contributed by atoms with E-state index in [4.69, 9.17) is 0 Å². The number of benzene rings is 1. The normalized spacial score (nSPS) is 19.4. The van der Waals surface area contributed by atoms with Gasteiger partial charge < -0.3 is 10.2 Å². The highest BCUT2D eigenvalue weighted by atomic mass is 32.2. The number of anilines is 1. The Bertz CT molecular complexity index is 1050. The van der Waals surface area contributed by atoms with E-state index in [1.807, 2.05) is 12.1 Å². The summed E-state index contributed by atoms with van der Waals surface area (Å²) in [6.07, 6.45) is -0.635. The van der Waals surface area contributed by atoms with Crippen molar-refractivity contribution in [2.24, 2.45) is 5.92 Å². The number of amides is 1. The van der Waals surface area contributed by atoms with E-state index < -0.39 is 18.1 Å². The summed E-state index contributed by atoms with van der Waals surface area (Å²) in [7, 11) is 1.22. The molecule has 1 amide bonds. The number of thioether (sulfide) groups is 1. The molecule has 1 aromatic carbocycles. The van der Waals surface area contributed by atoms with Crippen molar-refractivity contribution >= 4 is 23.4 Å². The van der Waals surface area contributed by atoms with E-state index in [9.17, 15) is 23.2 Å². The second kappa shape index (κ2) is 9.64. The molecule has 4 rings (SSSR count). The number of rotatable bonds is 5. The zero-order valence-electron chi connectivity index (χ0n) is 18.2. The van der Waals surface area contributed by atoms with Gasteiger partial charge in [0.05, 0.1) is 29.2 Å². The highest BCUT2D eigenvalue weighted by molar-refractivity contribution is 7.99. The number of halogens is 3. The van der Waals surface area contributed by atoms with Crippen LogP contribution in [0, 0.1) is 17.2 Å². The summed E-state index contributed by atoms with van der Waals surface area (Å²) in [5.74, 6) is 0.740. The highest BCUT2D eigenvalue weighted by Gasteiger charge is 2.47. The zero-order chi connectivity index (χ0) is 23.6. The van der Waals surface area contributed by atoms with Crippen LogP contribution < -0.4 is 5.32 Å². The van der Waals surface area contributed by atoms with Gasteiger partial charge in [0.15, 0.2) is 6.04 Å². The van der Waals surface area contributed by atoms with Gasteiger partial charge in [-0.25, -0.2) is 0 Å². The Morgan fingerprint density at radius 3 is 2.64 bits per heavy atom. The topological polar surface area (TPSA) is 69.0 Å². The van der Waals surface area contributed by atoms with Crippen molar-refractivity contribution in [3.63, 3.8) is 0 Å². The molecular weight excluding hydrogens is 449 g/mol. The number of nitriles is 1. The van der Waals surface area contributed by atoms with Crippen molar-refractivity contribution in [2.75, 3.05) is 23.9 Å². The Labute approximate surface area is 195 Å². The monoisotopic (exact) mass is 474 g/mol. The average molecular weight is 475 g/mol. The van der Waals surface area contributed by atoms with Crippen molar-refractivity contribution in [1.82, 2.24) is 9.88 Å². The third kappa shape index (κ3) is 5.11. The molecule has 1 aromatic heterocycles. The summed E-state index contributed by atoms with van der Waals surface area (Å²) in [5.41, 5.74) is 3.18. The van der Waals surface area contributed by atoms with Crippen molar-refractivity contribution in [3.8, 4) is 6.07 Å². The number of nitrogens with one attached hydrogen (secondary N) is 1. The summed E-state index contributed by atoms with van der Waals surface area (Å²) >= 11 is 1.72. The van der Waals surface area contributed by atoms with Crippen molar-refractivity contribution in [2.45, 2.75) is 43.9 Å². The van der Waals surface area contributed by atoms with Gasteiger partial charge in [0.1, 0.15) is 0 Å². The first-order valence-electron chi connectivity index (χ1n) is 10.9. The molecule has 1 fully saturated rings. The molecule has 33 heavy (non-hydrogen) atoms. The molecule has 5 nitrogen and oxygen atoms in total. The number of nitrogens with zero attached hydrogens (tertiary/aromatic N) is 3. The number of carbonyl (C=O) groups excluding carboxylic acids is 1. The predicted octanol–water partition coefficient (Wildman–Crippen LogP) is 4.74. The first-order chi connectivity index (χ1) is 15.8. The van der Waals surface area contributed by atoms with E-state index in [0.717, 1.165) is 34.0 Å². The van der Waals surface area contributed by atoms with E-state index in [1.165, 1.54) is 19.3 Å². The van der Waals surface area contributed by atoms with Crippen molar-refractivity contribution in [1.29, 1.82) is 5.26 Å². The minimum Gasteiger partial charge on any atom is -0.380 e. The van der Waals surface area contributed by atoms with Crippen LogP contribution in [0.1, 0.15) is 41.3 Å². The van der Waals surface area contributed by atoms with Crippen molar-refractivity contribution in [3.05, 3.63) is 58.9 Å². The fourth-order valence-corrected chi connectivity index (χ4v) is 5.80. The van der Waals surface area contributed by atoms with E-state index in [0.29, 0.717) is 30.5 Å². The van der Waals surface area contributed by atoms with Gasteiger partial charge in [-0.05, 0) is 66.5 Å². The summed E-state index contributed by atoms with van der Waals surface area (Å²) < 4.78 is 41.9. The number of pyridine rings is 1. The maximum Gasteiger partial charge on any atom is 0.414 e. The zero-order valence-corrected chi connectivity index (χ0v) is 19.0. The molecule has 2 atom stereocenters. The lowest BCUT2D eigenvalue weighted by molar-refractivity contribution is -0.191. The standard InChI is InChI=1S/C24H25F3N4OS/c1-31(23(32)15-7-9-33-10-8-15)22(24(25,26)27)21-6-5-18(14-29-21)30-19-11-16-3-2-4-17(13-28)20(16)12-19/h2-6,14-15,19,22,30H,7-12H2,1H3. The molecule has 9 heteroatoms. The fraction of sp³-hybridized carbons (Fsp3) is 0.458. The predicted molar refractivity (Wildman–Crippen MR) is 122 cm³/mol. The molecule has 2 heterocycles. The molecular formula is C24H25F3N4OS. The number of fused-ring (bicyclic) bond motifs is 1. The number of hydrogen-bond donors (Lipinski definition) is 1. The second-order valence-corrected chi connectivity index (χ2v) is 9.78.